The molecular formula is C14H24. The van der Waals surface area contributed by atoms with Crippen LogP contribution in [0.2, 0.25) is 0 Å². The molecule has 80 valence electrons. The van der Waals surface area contributed by atoms with Crippen molar-refractivity contribution in [3.63, 3.8) is 0 Å². The van der Waals surface area contributed by atoms with E-state index >= 15 is 0 Å². The number of allylic oxidation sites excluding steroid dienone is 4. The van der Waals surface area contributed by atoms with Gasteiger partial charge < -0.3 is 0 Å². The summed E-state index contributed by atoms with van der Waals surface area (Å²) in [6.45, 7) is 6.78. The first-order valence-corrected chi connectivity index (χ1v) is 6.07. The van der Waals surface area contributed by atoms with E-state index in [1.807, 2.05) is 0 Å². The molecule has 1 aliphatic carbocycles. The molecule has 0 spiro atoms. The van der Waals surface area contributed by atoms with Crippen molar-refractivity contribution >= 4 is 0 Å². The van der Waals surface area contributed by atoms with E-state index < -0.39 is 0 Å². The van der Waals surface area contributed by atoms with Gasteiger partial charge in [0, 0.05) is 0 Å². The molecule has 0 aliphatic heterocycles. The molecule has 1 atom stereocenters. The Morgan fingerprint density at radius 3 is 2.79 bits per heavy atom. The van der Waals surface area contributed by atoms with Gasteiger partial charge in [0.05, 0.1) is 0 Å². The molecule has 14 heavy (non-hydrogen) atoms. The van der Waals surface area contributed by atoms with Crippen molar-refractivity contribution in [2.24, 2.45) is 11.8 Å². The van der Waals surface area contributed by atoms with Crippen LogP contribution in [0.1, 0.15) is 52.9 Å². The van der Waals surface area contributed by atoms with Gasteiger partial charge >= 0.3 is 0 Å². The summed E-state index contributed by atoms with van der Waals surface area (Å²) in [5.74, 6) is 1.66. The average Bonchev–Trinajstić information content (AvgIpc) is 2.18. The monoisotopic (exact) mass is 192 g/mol. The van der Waals surface area contributed by atoms with E-state index in [0.29, 0.717) is 5.92 Å². The fourth-order valence-corrected chi connectivity index (χ4v) is 1.99. The number of hydrogen-bond acceptors (Lipinski definition) is 0. The molecule has 0 N–H and O–H groups in total. The first kappa shape index (κ1) is 11.6. The minimum Gasteiger partial charge on any atom is -0.0856 e. The predicted octanol–water partition coefficient (Wildman–Crippen LogP) is 4.73. The second-order valence-corrected chi connectivity index (χ2v) is 4.79. The van der Waals surface area contributed by atoms with Crippen molar-refractivity contribution in [2.75, 3.05) is 0 Å². The Balaban J connectivity index is 2.30. The molecule has 0 aromatic carbocycles. The van der Waals surface area contributed by atoms with E-state index in [1.165, 1.54) is 32.1 Å². The Labute approximate surface area is 89.1 Å². The summed E-state index contributed by atoms with van der Waals surface area (Å²) >= 11 is 0. The molecule has 0 amide bonds. The smallest absolute Gasteiger partial charge is 0.0139 e. The highest BCUT2D eigenvalue weighted by atomic mass is 14.2. The summed E-state index contributed by atoms with van der Waals surface area (Å²) in [4.78, 5) is 0. The Kier molecular flexibility index (Phi) is 5.00. The lowest BCUT2D eigenvalue weighted by molar-refractivity contribution is 0.453. The van der Waals surface area contributed by atoms with Gasteiger partial charge in [-0.1, -0.05) is 51.0 Å². The Morgan fingerprint density at radius 2 is 2.29 bits per heavy atom. The van der Waals surface area contributed by atoms with Gasteiger partial charge in [0.2, 0.25) is 0 Å². The second kappa shape index (κ2) is 6.06. The van der Waals surface area contributed by atoms with E-state index in [-0.39, 0.29) is 0 Å². The highest BCUT2D eigenvalue weighted by Crippen LogP contribution is 2.27. The molecule has 1 aliphatic rings. The fourth-order valence-electron chi connectivity index (χ4n) is 1.99. The van der Waals surface area contributed by atoms with Crippen LogP contribution < -0.4 is 0 Å². The maximum atomic E-state index is 2.47. The normalized spacial score (nSPS) is 23.1. The molecule has 0 saturated carbocycles. The Hall–Kier alpha value is -0.520. The first-order valence-electron chi connectivity index (χ1n) is 6.07. The van der Waals surface area contributed by atoms with Crippen LogP contribution in [0.5, 0.6) is 0 Å². The van der Waals surface area contributed by atoms with Gasteiger partial charge in [-0.25, -0.2) is 0 Å². The summed E-state index contributed by atoms with van der Waals surface area (Å²) in [5, 5.41) is 0. The third kappa shape index (κ3) is 4.13. The lowest BCUT2D eigenvalue weighted by Gasteiger charge is -2.19. The summed E-state index contributed by atoms with van der Waals surface area (Å²) in [6.07, 6.45) is 13.7. The maximum absolute atomic E-state index is 2.47. The average molecular weight is 192 g/mol. The van der Waals surface area contributed by atoms with Crippen LogP contribution in [-0.4, -0.2) is 0 Å². The van der Waals surface area contributed by atoms with Crippen LogP contribution in [-0.2, 0) is 0 Å². The van der Waals surface area contributed by atoms with Crippen LogP contribution in [0, 0.1) is 11.8 Å². The van der Waals surface area contributed by atoms with Gasteiger partial charge in [0.25, 0.3) is 0 Å². The highest BCUT2D eigenvalue weighted by molar-refractivity contribution is 5.11. The third-order valence-corrected chi connectivity index (χ3v) is 3.09. The number of hydrogen-bond donors (Lipinski definition) is 0. The van der Waals surface area contributed by atoms with Crippen molar-refractivity contribution in [1.82, 2.24) is 0 Å². The molecule has 1 unspecified atom stereocenters. The van der Waals surface area contributed by atoms with Crippen LogP contribution >= 0.6 is 0 Å². The molecule has 0 heterocycles. The van der Waals surface area contributed by atoms with Crippen molar-refractivity contribution < 1.29 is 0 Å². The highest BCUT2D eigenvalue weighted by Gasteiger charge is 2.11. The summed E-state index contributed by atoms with van der Waals surface area (Å²) < 4.78 is 0. The Bertz CT molecular complexity index is 208. The molecule has 0 heteroatoms. The first-order chi connectivity index (χ1) is 6.72. The van der Waals surface area contributed by atoms with Crippen molar-refractivity contribution in [2.45, 2.75) is 52.9 Å². The van der Waals surface area contributed by atoms with Crippen molar-refractivity contribution in [3.8, 4) is 0 Å². The molecular weight excluding hydrogens is 168 g/mol. The topological polar surface area (TPSA) is 0 Å². The van der Waals surface area contributed by atoms with Crippen LogP contribution in [0.25, 0.3) is 0 Å². The predicted molar refractivity (Wildman–Crippen MR) is 64.3 cm³/mol. The van der Waals surface area contributed by atoms with Crippen LogP contribution in [0.4, 0.5) is 0 Å². The van der Waals surface area contributed by atoms with Crippen molar-refractivity contribution in [3.05, 3.63) is 23.8 Å². The minimum atomic E-state index is 0.697. The zero-order valence-corrected chi connectivity index (χ0v) is 9.92. The lowest BCUT2D eigenvalue weighted by atomic mass is 9.87. The van der Waals surface area contributed by atoms with E-state index in [2.05, 4.69) is 39.0 Å². The van der Waals surface area contributed by atoms with Gasteiger partial charge in [0.15, 0.2) is 0 Å². The standard InChI is InChI=1S/C14H24/c1-4-13-8-10-14(11-9-13)7-5-6-12(2)3/h5-6,10,12-13H,4,7-9,11H2,1-3H3. The van der Waals surface area contributed by atoms with Crippen molar-refractivity contribution in [1.29, 1.82) is 0 Å². The van der Waals surface area contributed by atoms with E-state index in [9.17, 15) is 0 Å². The van der Waals surface area contributed by atoms with E-state index in [4.69, 9.17) is 0 Å². The third-order valence-electron chi connectivity index (χ3n) is 3.09. The fraction of sp³-hybridized carbons (Fsp3) is 0.714. The summed E-state index contributed by atoms with van der Waals surface area (Å²) in [7, 11) is 0. The molecule has 0 radical (unpaired) electrons. The minimum absolute atomic E-state index is 0.697. The van der Waals surface area contributed by atoms with Gasteiger partial charge in [-0.15, -0.1) is 0 Å². The van der Waals surface area contributed by atoms with Gasteiger partial charge in [-0.05, 0) is 37.5 Å². The molecule has 0 fully saturated rings. The zero-order valence-electron chi connectivity index (χ0n) is 9.92. The van der Waals surface area contributed by atoms with Gasteiger partial charge in [-0.3, -0.25) is 0 Å². The van der Waals surface area contributed by atoms with Gasteiger partial charge in [0.1, 0.15) is 0 Å². The zero-order chi connectivity index (χ0) is 10.4. The SMILES string of the molecule is CCC1CC=C(CC=CC(C)C)CC1. The Morgan fingerprint density at radius 1 is 1.50 bits per heavy atom. The van der Waals surface area contributed by atoms with E-state index in [1.54, 1.807) is 5.57 Å². The van der Waals surface area contributed by atoms with Crippen LogP contribution in [0.15, 0.2) is 23.8 Å². The molecule has 0 aromatic heterocycles. The summed E-state index contributed by atoms with van der Waals surface area (Å²) in [6, 6.07) is 0. The maximum Gasteiger partial charge on any atom is -0.0139 e. The molecule has 0 bridgehead atoms. The molecule has 0 aromatic rings. The molecule has 0 saturated heterocycles. The summed E-state index contributed by atoms with van der Waals surface area (Å²) in [5.41, 5.74) is 1.66. The van der Waals surface area contributed by atoms with Crippen LogP contribution in [0.3, 0.4) is 0 Å². The second-order valence-electron chi connectivity index (χ2n) is 4.79. The van der Waals surface area contributed by atoms with Gasteiger partial charge in [-0.2, -0.15) is 0 Å². The van der Waals surface area contributed by atoms with E-state index in [0.717, 1.165) is 5.92 Å². The molecule has 1 rings (SSSR count). The largest absolute Gasteiger partial charge is 0.0856 e. The quantitative estimate of drug-likeness (QED) is 0.565. The number of rotatable bonds is 4. The lowest BCUT2D eigenvalue weighted by Crippen LogP contribution is -2.03. The molecule has 0 nitrogen and oxygen atoms in total.